The standard InChI is InChI=1S/C16H19N3O6S/c1-10-15(11(2)25-19-10)26(22,23)17-9-8-14(20)18-13-7-5-4-6-12(13)16(21)24-3/h4-7,17H,8-9H2,1-3H3,(H,18,20). The smallest absolute Gasteiger partial charge is 0.339 e. The maximum atomic E-state index is 12.3. The van der Waals surface area contributed by atoms with E-state index in [0.29, 0.717) is 0 Å². The molecule has 0 bridgehead atoms. The number of carbonyl (C=O) groups is 2. The lowest BCUT2D eigenvalue weighted by molar-refractivity contribution is -0.116. The number of para-hydroxylation sites is 1. The molecule has 1 heterocycles. The Kier molecular flexibility index (Phi) is 6.11. The number of sulfonamides is 1. The van der Waals surface area contributed by atoms with Gasteiger partial charge in [0.2, 0.25) is 15.9 Å². The number of rotatable bonds is 7. The molecule has 10 heteroatoms. The van der Waals surface area contributed by atoms with Gasteiger partial charge in [0.05, 0.1) is 18.4 Å². The molecule has 0 aliphatic carbocycles. The lowest BCUT2D eigenvalue weighted by Crippen LogP contribution is -2.28. The highest BCUT2D eigenvalue weighted by Gasteiger charge is 2.24. The van der Waals surface area contributed by atoms with Crippen LogP contribution in [0.4, 0.5) is 5.69 Å². The lowest BCUT2D eigenvalue weighted by Gasteiger charge is -2.10. The number of aromatic nitrogens is 1. The van der Waals surface area contributed by atoms with E-state index >= 15 is 0 Å². The molecule has 0 aliphatic heterocycles. The van der Waals surface area contributed by atoms with Crippen molar-refractivity contribution in [3.63, 3.8) is 0 Å². The van der Waals surface area contributed by atoms with E-state index in [0.717, 1.165) is 0 Å². The maximum absolute atomic E-state index is 12.3. The normalized spacial score (nSPS) is 11.2. The predicted octanol–water partition coefficient (Wildman–Crippen LogP) is 1.39. The molecule has 1 aromatic heterocycles. The zero-order chi connectivity index (χ0) is 19.3. The van der Waals surface area contributed by atoms with Crippen molar-refractivity contribution in [2.45, 2.75) is 25.2 Å². The van der Waals surface area contributed by atoms with Crippen LogP contribution < -0.4 is 10.0 Å². The number of hydrogen-bond acceptors (Lipinski definition) is 7. The summed E-state index contributed by atoms with van der Waals surface area (Å²) in [6.45, 7) is 2.88. The van der Waals surface area contributed by atoms with Crippen LogP contribution in [-0.2, 0) is 19.6 Å². The van der Waals surface area contributed by atoms with E-state index in [4.69, 9.17) is 4.52 Å². The van der Waals surface area contributed by atoms with Gasteiger partial charge in [0.25, 0.3) is 0 Å². The molecule has 140 valence electrons. The molecule has 2 aromatic rings. The second-order valence-corrected chi connectivity index (χ2v) is 7.09. The Bertz CT molecular complexity index is 900. The van der Waals surface area contributed by atoms with Gasteiger partial charge in [0.1, 0.15) is 10.6 Å². The number of hydrogen-bond donors (Lipinski definition) is 2. The summed E-state index contributed by atoms with van der Waals surface area (Å²) in [5.41, 5.74) is 0.740. The number of aryl methyl sites for hydroxylation is 2. The summed E-state index contributed by atoms with van der Waals surface area (Å²) in [5, 5.41) is 6.16. The number of carbonyl (C=O) groups excluding carboxylic acids is 2. The van der Waals surface area contributed by atoms with E-state index in [-0.39, 0.29) is 40.6 Å². The number of anilines is 1. The van der Waals surface area contributed by atoms with E-state index < -0.39 is 21.9 Å². The average Bonchev–Trinajstić information content (AvgIpc) is 2.93. The topological polar surface area (TPSA) is 128 Å². The van der Waals surface area contributed by atoms with Gasteiger partial charge in [-0.25, -0.2) is 17.9 Å². The van der Waals surface area contributed by atoms with Gasteiger partial charge in [-0.05, 0) is 26.0 Å². The fourth-order valence-electron chi connectivity index (χ4n) is 2.32. The number of amides is 1. The van der Waals surface area contributed by atoms with Crippen LogP contribution in [0.3, 0.4) is 0 Å². The van der Waals surface area contributed by atoms with Crippen LogP contribution in [0.2, 0.25) is 0 Å². The molecule has 0 unspecified atom stereocenters. The lowest BCUT2D eigenvalue weighted by atomic mass is 10.1. The van der Waals surface area contributed by atoms with Crippen molar-refractivity contribution in [3.05, 3.63) is 41.3 Å². The number of methoxy groups -OCH3 is 1. The summed E-state index contributed by atoms with van der Waals surface area (Å²) in [4.78, 5) is 23.7. The third-order valence-corrected chi connectivity index (χ3v) is 5.19. The molecule has 0 saturated heterocycles. The molecule has 0 aliphatic rings. The Morgan fingerprint density at radius 3 is 2.54 bits per heavy atom. The van der Waals surface area contributed by atoms with Crippen molar-refractivity contribution in [2.75, 3.05) is 19.0 Å². The quantitative estimate of drug-likeness (QED) is 0.694. The Labute approximate surface area is 150 Å². The van der Waals surface area contributed by atoms with E-state index in [9.17, 15) is 18.0 Å². The van der Waals surface area contributed by atoms with Crippen LogP contribution in [0.15, 0.2) is 33.7 Å². The molecule has 0 atom stereocenters. The molecule has 2 N–H and O–H groups in total. The first-order valence-electron chi connectivity index (χ1n) is 7.66. The second-order valence-electron chi connectivity index (χ2n) is 5.39. The molecule has 1 amide bonds. The number of nitrogens with zero attached hydrogens (tertiary/aromatic N) is 1. The SMILES string of the molecule is COC(=O)c1ccccc1NC(=O)CCNS(=O)(=O)c1c(C)noc1C. The average molecular weight is 381 g/mol. The molecule has 26 heavy (non-hydrogen) atoms. The zero-order valence-corrected chi connectivity index (χ0v) is 15.3. The van der Waals surface area contributed by atoms with Gasteiger partial charge < -0.3 is 14.6 Å². The molecular formula is C16H19N3O6S. The summed E-state index contributed by atoms with van der Waals surface area (Å²) in [5.74, 6) is -0.866. The highest BCUT2D eigenvalue weighted by molar-refractivity contribution is 7.89. The van der Waals surface area contributed by atoms with Crippen molar-refractivity contribution >= 4 is 27.6 Å². The number of ether oxygens (including phenoxy) is 1. The first-order valence-corrected chi connectivity index (χ1v) is 9.14. The summed E-state index contributed by atoms with van der Waals surface area (Å²) in [6.07, 6.45) is -0.127. The van der Waals surface area contributed by atoms with Gasteiger partial charge in [-0.15, -0.1) is 0 Å². The minimum atomic E-state index is -3.83. The van der Waals surface area contributed by atoms with E-state index in [2.05, 4.69) is 19.9 Å². The van der Waals surface area contributed by atoms with Gasteiger partial charge in [0, 0.05) is 13.0 Å². The van der Waals surface area contributed by atoms with Gasteiger partial charge >= 0.3 is 5.97 Å². The van der Waals surface area contributed by atoms with Crippen molar-refractivity contribution in [3.8, 4) is 0 Å². The van der Waals surface area contributed by atoms with Crippen LogP contribution in [0.25, 0.3) is 0 Å². The molecule has 9 nitrogen and oxygen atoms in total. The molecule has 0 fully saturated rings. The Morgan fingerprint density at radius 1 is 1.23 bits per heavy atom. The largest absolute Gasteiger partial charge is 0.465 e. The van der Waals surface area contributed by atoms with Crippen molar-refractivity contribution in [2.24, 2.45) is 0 Å². The van der Waals surface area contributed by atoms with Crippen LogP contribution in [0.5, 0.6) is 0 Å². The van der Waals surface area contributed by atoms with Crippen molar-refractivity contribution < 1.29 is 27.3 Å². The van der Waals surface area contributed by atoms with Crippen LogP contribution in [0, 0.1) is 13.8 Å². The van der Waals surface area contributed by atoms with E-state index in [1.807, 2.05) is 0 Å². The third-order valence-electron chi connectivity index (χ3n) is 3.49. The van der Waals surface area contributed by atoms with Crippen LogP contribution in [0.1, 0.15) is 28.2 Å². The first-order chi connectivity index (χ1) is 12.3. The summed E-state index contributed by atoms with van der Waals surface area (Å²) >= 11 is 0. The monoisotopic (exact) mass is 381 g/mol. The molecule has 0 radical (unpaired) electrons. The molecule has 0 saturated carbocycles. The van der Waals surface area contributed by atoms with Gasteiger partial charge in [-0.3, -0.25) is 4.79 Å². The molecule has 0 spiro atoms. The van der Waals surface area contributed by atoms with Gasteiger partial charge in [0.15, 0.2) is 5.76 Å². The van der Waals surface area contributed by atoms with Gasteiger partial charge in [-0.2, -0.15) is 0 Å². The number of nitrogens with one attached hydrogen (secondary N) is 2. The minimum Gasteiger partial charge on any atom is -0.465 e. The Balaban J connectivity index is 1.97. The highest BCUT2D eigenvalue weighted by atomic mass is 32.2. The highest BCUT2D eigenvalue weighted by Crippen LogP contribution is 2.19. The van der Waals surface area contributed by atoms with Gasteiger partial charge in [-0.1, -0.05) is 17.3 Å². The fraction of sp³-hybridized carbons (Fsp3) is 0.312. The Morgan fingerprint density at radius 2 is 1.92 bits per heavy atom. The maximum Gasteiger partial charge on any atom is 0.339 e. The van der Waals surface area contributed by atoms with Crippen LogP contribution in [-0.4, -0.2) is 39.1 Å². The summed E-state index contributed by atoms with van der Waals surface area (Å²) in [7, 11) is -2.59. The fourth-order valence-corrected chi connectivity index (χ4v) is 3.68. The molecule has 1 aromatic carbocycles. The van der Waals surface area contributed by atoms with E-state index in [1.54, 1.807) is 18.2 Å². The second kappa shape index (κ2) is 8.11. The first kappa shape index (κ1) is 19.6. The summed E-state index contributed by atoms with van der Waals surface area (Å²) in [6, 6.07) is 6.36. The zero-order valence-electron chi connectivity index (χ0n) is 14.5. The summed E-state index contributed by atoms with van der Waals surface area (Å²) < 4.78 is 36.3. The predicted molar refractivity (Wildman–Crippen MR) is 92.2 cm³/mol. The number of esters is 1. The molecule has 2 rings (SSSR count). The van der Waals surface area contributed by atoms with Crippen molar-refractivity contribution in [1.29, 1.82) is 0 Å². The van der Waals surface area contributed by atoms with Crippen LogP contribution >= 0.6 is 0 Å². The van der Waals surface area contributed by atoms with E-state index in [1.165, 1.54) is 27.0 Å². The minimum absolute atomic E-state index is 0.0334. The number of benzene rings is 1. The van der Waals surface area contributed by atoms with Crippen molar-refractivity contribution in [1.82, 2.24) is 9.88 Å². The third kappa shape index (κ3) is 4.46. The molecular weight excluding hydrogens is 362 g/mol. The Hall–Kier alpha value is -2.72.